The molecule has 3 aromatic carbocycles. The van der Waals surface area contributed by atoms with Crippen LogP contribution in [0.4, 0.5) is 0 Å². The largest absolute Gasteiger partial charge is 0.480 e. The third kappa shape index (κ3) is 4.46. The summed E-state index contributed by atoms with van der Waals surface area (Å²) >= 11 is 7.01. The highest BCUT2D eigenvalue weighted by molar-refractivity contribution is 8.35. The highest BCUT2D eigenvalue weighted by atomic mass is 32.2. The van der Waals surface area contributed by atoms with Crippen LogP contribution in [0.1, 0.15) is 19.4 Å². The van der Waals surface area contributed by atoms with Gasteiger partial charge in [0.2, 0.25) is 0 Å². The van der Waals surface area contributed by atoms with Crippen LogP contribution in [0.3, 0.4) is 0 Å². The van der Waals surface area contributed by atoms with E-state index in [1.54, 1.807) is 47.0 Å². The van der Waals surface area contributed by atoms with Crippen molar-refractivity contribution in [2.24, 2.45) is 0 Å². The van der Waals surface area contributed by atoms with Crippen LogP contribution >= 0.6 is 47.0 Å². The molecule has 0 fully saturated rings. The molecule has 0 amide bonds. The molecule has 0 bridgehead atoms. The summed E-state index contributed by atoms with van der Waals surface area (Å²) in [6.45, 7) is 3.67. The molecule has 4 nitrogen and oxygen atoms in total. The Bertz CT molecular complexity index is 2010. The number of ether oxygens (including phenoxy) is 1. The molecule has 3 aromatic rings. The second kappa shape index (κ2) is 10.7. The number of hydrogen-bond donors (Lipinski definition) is 0. The van der Waals surface area contributed by atoms with Gasteiger partial charge in [-0.1, -0.05) is 95.6 Å². The fourth-order valence-corrected chi connectivity index (χ4v) is 8.90. The van der Waals surface area contributed by atoms with E-state index in [2.05, 4.69) is 70.2 Å². The van der Waals surface area contributed by atoms with Crippen molar-refractivity contribution in [1.82, 2.24) is 0 Å². The Hall–Kier alpha value is -3.71. The normalized spacial score (nSPS) is 17.6. The SMILES string of the molecule is CC1(C)OC(=C(C#N)C#N)C(C#N)=C1/C=C/c1ccc2c(=C3SC=CS3)c3ccccc3c(=C3SC=CS3)c2c1. The Morgan fingerprint density at radius 1 is 0.750 bits per heavy atom. The fourth-order valence-electron chi connectivity index (χ4n) is 5.05. The lowest BCUT2D eigenvalue weighted by Gasteiger charge is -2.20. The van der Waals surface area contributed by atoms with E-state index in [0.717, 1.165) is 5.56 Å². The number of thioether (sulfide) groups is 4. The summed E-state index contributed by atoms with van der Waals surface area (Å²) in [6.07, 6.45) is 3.85. The Balaban J connectivity index is 1.62. The minimum atomic E-state index is -0.861. The zero-order valence-electron chi connectivity index (χ0n) is 21.4. The number of fused-ring (bicyclic) bond motifs is 2. The molecule has 6 rings (SSSR count). The van der Waals surface area contributed by atoms with Crippen molar-refractivity contribution in [3.05, 3.63) is 109 Å². The monoisotopic (exact) mass is 589 g/mol. The molecule has 0 aliphatic carbocycles. The van der Waals surface area contributed by atoms with Gasteiger partial charge in [0.15, 0.2) is 11.3 Å². The molecule has 0 saturated heterocycles. The van der Waals surface area contributed by atoms with Crippen LogP contribution < -0.4 is 10.4 Å². The average molecular weight is 590 g/mol. The van der Waals surface area contributed by atoms with Crippen LogP contribution in [0.25, 0.3) is 36.1 Å². The molecule has 192 valence electrons. The molecule has 40 heavy (non-hydrogen) atoms. The third-order valence-electron chi connectivity index (χ3n) is 6.77. The Kier molecular flexibility index (Phi) is 7.09. The van der Waals surface area contributed by atoms with Crippen LogP contribution in [0.15, 0.2) is 92.7 Å². The summed E-state index contributed by atoms with van der Waals surface area (Å²) < 4.78 is 8.45. The zero-order chi connectivity index (χ0) is 27.9. The van der Waals surface area contributed by atoms with Gasteiger partial charge in [-0.15, -0.1) is 0 Å². The van der Waals surface area contributed by atoms with Crippen molar-refractivity contribution >= 4 is 83.1 Å². The van der Waals surface area contributed by atoms with Crippen LogP contribution in [0, 0.1) is 34.0 Å². The van der Waals surface area contributed by atoms with Crippen molar-refractivity contribution in [2.45, 2.75) is 19.4 Å². The summed E-state index contributed by atoms with van der Waals surface area (Å²) in [7, 11) is 0. The molecule has 3 aliphatic rings. The smallest absolute Gasteiger partial charge is 0.172 e. The van der Waals surface area contributed by atoms with Gasteiger partial charge in [0.1, 0.15) is 29.4 Å². The van der Waals surface area contributed by atoms with Gasteiger partial charge in [-0.3, -0.25) is 0 Å². The maximum absolute atomic E-state index is 9.91. The first kappa shape index (κ1) is 26.5. The second-order valence-corrected chi connectivity index (χ2v) is 13.6. The van der Waals surface area contributed by atoms with Gasteiger partial charge >= 0.3 is 0 Å². The van der Waals surface area contributed by atoms with Gasteiger partial charge in [-0.25, -0.2) is 0 Å². The van der Waals surface area contributed by atoms with Crippen molar-refractivity contribution in [1.29, 1.82) is 15.8 Å². The van der Waals surface area contributed by atoms with E-state index >= 15 is 0 Å². The van der Waals surface area contributed by atoms with Gasteiger partial charge in [0.05, 0.1) is 8.47 Å². The van der Waals surface area contributed by atoms with E-state index in [-0.39, 0.29) is 16.9 Å². The maximum Gasteiger partial charge on any atom is 0.172 e. The highest BCUT2D eigenvalue weighted by Gasteiger charge is 2.38. The summed E-state index contributed by atoms with van der Waals surface area (Å²) in [4.78, 5) is 0. The lowest BCUT2D eigenvalue weighted by atomic mass is 9.93. The average Bonchev–Trinajstić information content (AvgIpc) is 3.73. The first-order valence-electron chi connectivity index (χ1n) is 12.2. The lowest BCUT2D eigenvalue weighted by molar-refractivity contribution is 0.0954. The van der Waals surface area contributed by atoms with E-state index in [9.17, 15) is 15.8 Å². The number of nitriles is 3. The molecule has 3 aliphatic heterocycles. The van der Waals surface area contributed by atoms with E-state index < -0.39 is 5.60 Å². The summed E-state index contributed by atoms with van der Waals surface area (Å²) in [6, 6.07) is 21.0. The summed E-state index contributed by atoms with van der Waals surface area (Å²) in [5.74, 6) is 0.0467. The molecule has 0 saturated carbocycles. The number of rotatable bonds is 2. The molecule has 0 unspecified atom stereocenters. The van der Waals surface area contributed by atoms with Crippen LogP contribution in [0.5, 0.6) is 0 Å². The minimum absolute atomic E-state index is 0.0467. The standard InChI is InChI=1S/C32H19N3OS4/c1-32(2)26(25(18-35)29(36-32)20(16-33)17-34)10-8-19-7-9-23-24(15-19)28(31-39-13-14-40-31)22-6-4-3-5-21(22)27(23)30-37-11-12-38-30/h3-15H,1-2H3/b10-8+. The van der Waals surface area contributed by atoms with E-state index in [0.29, 0.717) is 5.57 Å². The van der Waals surface area contributed by atoms with Crippen molar-refractivity contribution < 1.29 is 4.74 Å². The van der Waals surface area contributed by atoms with Gasteiger partial charge < -0.3 is 4.74 Å². The molecule has 0 N–H and O–H groups in total. The number of hydrogen-bond acceptors (Lipinski definition) is 8. The maximum atomic E-state index is 9.91. The molecule has 0 atom stereocenters. The Labute approximate surface area is 248 Å². The quantitative estimate of drug-likeness (QED) is 0.220. The highest BCUT2D eigenvalue weighted by Crippen LogP contribution is 2.42. The minimum Gasteiger partial charge on any atom is -0.480 e. The molecular formula is C32H19N3OS4. The number of allylic oxidation sites excluding steroid dienone is 2. The van der Waals surface area contributed by atoms with Crippen LogP contribution in [0.2, 0.25) is 0 Å². The van der Waals surface area contributed by atoms with Gasteiger partial charge in [0.25, 0.3) is 0 Å². The molecule has 3 heterocycles. The predicted octanol–water partition coefficient (Wildman–Crippen LogP) is 7.97. The zero-order valence-corrected chi connectivity index (χ0v) is 24.7. The molecule has 8 heteroatoms. The number of nitrogens with zero attached hydrogens (tertiary/aromatic N) is 3. The van der Waals surface area contributed by atoms with E-state index in [4.69, 9.17) is 4.74 Å². The van der Waals surface area contributed by atoms with Crippen molar-refractivity contribution in [2.75, 3.05) is 0 Å². The van der Waals surface area contributed by atoms with Crippen molar-refractivity contribution in [3.63, 3.8) is 0 Å². The Morgan fingerprint density at radius 3 is 1.85 bits per heavy atom. The third-order valence-corrected chi connectivity index (χ3v) is 11.0. The number of benzene rings is 3. The molecular weight excluding hydrogens is 571 g/mol. The second-order valence-electron chi connectivity index (χ2n) is 9.47. The van der Waals surface area contributed by atoms with Gasteiger partial charge in [-0.2, -0.15) is 15.8 Å². The predicted molar refractivity (Wildman–Crippen MR) is 171 cm³/mol. The Morgan fingerprint density at radius 2 is 1.30 bits per heavy atom. The van der Waals surface area contributed by atoms with Gasteiger partial charge in [0, 0.05) is 16.0 Å². The summed E-state index contributed by atoms with van der Waals surface area (Å²) in [5, 5.41) is 44.5. The van der Waals surface area contributed by atoms with E-state index in [1.807, 2.05) is 38.1 Å². The van der Waals surface area contributed by atoms with E-state index in [1.165, 1.54) is 40.5 Å². The molecule has 0 radical (unpaired) electrons. The van der Waals surface area contributed by atoms with Crippen molar-refractivity contribution in [3.8, 4) is 18.2 Å². The topological polar surface area (TPSA) is 80.6 Å². The van der Waals surface area contributed by atoms with Gasteiger partial charge in [-0.05, 0) is 68.7 Å². The van der Waals surface area contributed by atoms with Crippen LogP contribution in [-0.4, -0.2) is 5.60 Å². The fraction of sp³-hybridized carbons (Fsp3) is 0.0938. The first-order valence-corrected chi connectivity index (χ1v) is 15.7. The first-order chi connectivity index (χ1) is 19.5. The molecule has 0 spiro atoms. The molecule has 0 aromatic heterocycles. The summed E-state index contributed by atoms with van der Waals surface area (Å²) in [5.41, 5.74) is 0.766. The lowest BCUT2D eigenvalue weighted by Crippen LogP contribution is -2.20. The van der Waals surface area contributed by atoms with Crippen LogP contribution in [-0.2, 0) is 4.74 Å².